The van der Waals surface area contributed by atoms with E-state index in [2.05, 4.69) is 9.97 Å². The number of aromatic nitrogens is 2. The number of alkyl halides is 2. The molecule has 4 rings (SSSR count). The van der Waals surface area contributed by atoms with E-state index in [-0.39, 0.29) is 13.0 Å². The van der Waals surface area contributed by atoms with Crippen molar-refractivity contribution in [1.29, 1.82) is 0 Å². The highest BCUT2D eigenvalue weighted by Gasteiger charge is 2.57. The van der Waals surface area contributed by atoms with Crippen molar-refractivity contribution in [3.8, 4) is 11.1 Å². The van der Waals surface area contributed by atoms with Gasteiger partial charge < -0.3 is 9.47 Å². The van der Waals surface area contributed by atoms with Crippen molar-refractivity contribution in [2.75, 3.05) is 13.2 Å². The molecule has 2 heterocycles. The number of nitrogens with zero attached hydrogens (tertiary/aromatic N) is 2. The molecule has 0 aromatic carbocycles. The Morgan fingerprint density at radius 3 is 2.68 bits per heavy atom. The molecular formula is C15H16F2N2O2S. The van der Waals surface area contributed by atoms with Gasteiger partial charge in [0.15, 0.2) is 4.83 Å². The van der Waals surface area contributed by atoms with Gasteiger partial charge in [-0.25, -0.2) is 18.7 Å². The van der Waals surface area contributed by atoms with Gasteiger partial charge in [0.25, 0.3) is 11.1 Å². The van der Waals surface area contributed by atoms with Crippen LogP contribution in [0.15, 0.2) is 12.1 Å². The summed E-state index contributed by atoms with van der Waals surface area (Å²) >= 11 is 1.27. The Morgan fingerprint density at radius 1 is 1.18 bits per heavy atom. The average Bonchev–Trinajstić information content (AvgIpc) is 2.87. The first-order chi connectivity index (χ1) is 10.6. The van der Waals surface area contributed by atoms with E-state index in [1.165, 1.54) is 30.6 Å². The molecule has 2 fully saturated rings. The van der Waals surface area contributed by atoms with Gasteiger partial charge in [-0.3, -0.25) is 0 Å². The largest absolute Gasteiger partial charge is 0.477 e. The molecule has 2 aliphatic carbocycles. The number of hydrogen-bond acceptors (Lipinski definition) is 5. The molecule has 0 saturated heterocycles. The summed E-state index contributed by atoms with van der Waals surface area (Å²) in [5.74, 6) is -1.99. The van der Waals surface area contributed by atoms with E-state index in [4.69, 9.17) is 9.47 Å². The summed E-state index contributed by atoms with van der Waals surface area (Å²) in [5, 5.41) is 0.390. The van der Waals surface area contributed by atoms with Crippen LogP contribution >= 0.6 is 11.3 Å². The molecule has 22 heavy (non-hydrogen) atoms. The van der Waals surface area contributed by atoms with Gasteiger partial charge in [0.05, 0.1) is 19.1 Å². The van der Waals surface area contributed by atoms with Crippen LogP contribution in [0.5, 0.6) is 11.1 Å². The molecule has 118 valence electrons. The number of rotatable bonds is 6. The van der Waals surface area contributed by atoms with Crippen molar-refractivity contribution in [2.45, 2.75) is 31.6 Å². The monoisotopic (exact) mass is 326 g/mol. The quantitative estimate of drug-likeness (QED) is 0.807. The zero-order valence-electron chi connectivity index (χ0n) is 11.9. The Kier molecular flexibility index (Phi) is 3.40. The van der Waals surface area contributed by atoms with Gasteiger partial charge in [0.1, 0.15) is 5.52 Å². The summed E-state index contributed by atoms with van der Waals surface area (Å²) in [7, 11) is 0. The first-order valence-corrected chi connectivity index (χ1v) is 8.33. The van der Waals surface area contributed by atoms with Gasteiger partial charge in [-0.2, -0.15) is 0 Å². The predicted molar refractivity (Wildman–Crippen MR) is 78.8 cm³/mol. The maximum atomic E-state index is 12.8. The first-order valence-electron chi connectivity index (χ1n) is 7.51. The molecule has 2 aromatic rings. The predicted octanol–water partition coefficient (Wildman–Crippen LogP) is 3.90. The van der Waals surface area contributed by atoms with Crippen LogP contribution in [0, 0.1) is 11.8 Å². The average molecular weight is 326 g/mol. The molecule has 0 radical (unpaired) electrons. The van der Waals surface area contributed by atoms with Crippen LogP contribution in [-0.4, -0.2) is 29.1 Å². The Labute approximate surface area is 130 Å². The summed E-state index contributed by atoms with van der Waals surface area (Å²) in [5.41, 5.74) is 0.707. The number of ether oxygens (including phenoxy) is 2. The molecule has 2 aliphatic rings. The second-order valence-electron chi connectivity index (χ2n) is 6.03. The van der Waals surface area contributed by atoms with Gasteiger partial charge in [0.2, 0.25) is 5.88 Å². The molecule has 0 bridgehead atoms. The zero-order chi connectivity index (χ0) is 15.2. The molecule has 1 atom stereocenters. The van der Waals surface area contributed by atoms with E-state index in [1.54, 1.807) is 6.07 Å². The molecule has 4 nitrogen and oxygen atoms in total. The minimum absolute atomic E-state index is 0.0118. The Bertz CT molecular complexity index is 687. The Morgan fingerprint density at radius 2 is 2.00 bits per heavy atom. The van der Waals surface area contributed by atoms with Crippen molar-refractivity contribution < 1.29 is 18.3 Å². The lowest BCUT2D eigenvalue weighted by molar-refractivity contribution is 0.0856. The SMILES string of the molecule is FC1(F)CC1COc1nc2ccc(OCC3CCC3)nc2s1. The fourth-order valence-corrected chi connectivity index (χ4v) is 3.20. The van der Waals surface area contributed by atoms with E-state index < -0.39 is 11.8 Å². The van der Waals surface area contributed by atoms with E-state index >= 15 is 0 Å². The summed E-state index contributed by atoms with van der Waals surface area (Å²) < 4.78 is 36.7. The lowest BCUT2D eigenvalue weighted by atomic mass is 9.86. The maximum Gasteiger partial charge on any atom is 0.275 e. The highest BCUT2D eigenvalue weighted by Crippen LogP contribution is 2.48. The molecule has 0 N–H and O–H groups in total. The second kappa shape index (κ2) is 5.30. The van der Waals surface area contributed by atoms with Crippen LogP contribution in [0.3, 0.4) is 0 Å². The fraction of sp³-hybridized carbons (Fsp3) is 0.600. The summed E-state index contributed by atoms with van der Waals surface area (Å²) in [6.45, 7) is 0.718. The van der Waals surface area contributed by atoms with Crippen LogP contribution in [-0.2, 0) is 0 Å². The molecular weight excluding hydrogens is 310 g/mol. The molecule has 0 aliphatic heterocycles. The van der Waals surface area contributed by atoms with Crippen LogP contribution in [0.4, 0.5) is 8.78 Å². The molecule has 0 amide bonds. The maximum absolute atomic E-state index is 12.8. The molecule has 0 spiro atoms. The minimum Gasteiger partial charge on any atom is -0.477 e. The molecule has 7 heteroatoms. The van der Waals surface area contributed by atoms with Crippen LogP contribution < -0.4 is 9.47 Å². The van der Waals surface area contributed by atoms with Gasteiger partial charge in [-0.15, -0.1) is 0 Å². The van der Waals surface area contributed by atoms with E-state index in [0.29, 0.717) is 33.9 Å². The summed E-state index contributed by atoms with van der Waals surface area (Å²) in [6.07, 6.45) is 3.66. The highest BCUT2D eigenvalue weighted by molar-refractivity contribution is 7.19. The normalized spacial score (nSPS) is 23.3. The lowest BCUT2D eigenvalue weighted by Gasteiger charge is -2.24. The first kappa shape index (κ1) is 14.1. The van der Waals surface area contributed by atoms with Crippen molar-refractivity contribution in [2.24, 2.45) is 11.8 Å². The number of fused-ring (bicyclic) bond motifs is 1. The standard InChI is InChI=1S/C15H16F2N2O2S/c16-15(17)6-10(15)8-21-14-18-11-4-5-12(19-13(11)22-14)20-7-9-2-1-3-9/h4-5,9-10H,1-3,6-8H2. The Balaban J connectivity index is 1.39. The summed E-state index contributed by atoms with van der Waals surface area (Å²) in [4.78, 5) is 9.37. The van der Waals surface area contributed by atoms with Gasteiger partial charge in [-0.1, -0.05) is 17.8 Å². The van der Waals surface area contributed by atoms with Crippen LogP contribution in [0.2, 0.25) is 0 Å². The molecule has 1 unspecified atom stereocenters. The van der Waals surface area contributed by atoms with E-state index in [1.807, 2.05) is 6.07 Å². The number of halogens is 2. The topological polar surface area (TPSA) is 44.2 Å². The van der Waals surface area contributed by atoms with E-state index in [0.717, 1.165) is 0 Å². The van der Waals surface area contributed by atoms with Gasteiger partial charge >= 0.3 is 0 Å². The number of thiazole rings is 1. The summed E-state index contributed by atoms with van der Waals surface area (Å²) in [6, 6.07) is 3.62. The lowest BCUT2D eigenvalue weighted by Crippen LogP contribution is -2.19. The van der Waals surface area contributed by atoms with Crippen molar-refractivity contribution >= 4 is 21.7 Å². The zero-order valence-corrected chi connectivity index (χ0v) is 12.7. The number of hydrogen-bond donors (Lipinski definition) is 0. The third kappa shape index (κ3) is 2.86. The smallest absolute Gasteiger partial charge is 0.275 e. The van der Waals surface area contributed by atoms with Crippen molar-refractivity contribution in [3.05, 3.63) is 12.1 Å². The Hall–Kier alpha value is -1.50. The molecule has 2 aromatic heterocycles. The van der Waals surface area contributed by atoms with Gasteiger partial charge in [-0.05, 0) is 24.8 Å². The minimum atomic E-state index is -2.56. The van der Waals surface area contributed by atoms with Gasteiger partial charge in [0, 0.05) is 12.5 Å². The third-order valence-electron chi connectivity index (χ3n) is 4.27. The second-order valence-corrected chi connectivity index (χ2v) is 6.97. The number of pyridine rings is 1. The van der Waals surface area contributed by atoms with Crippen LogP contribution in [0.25, 0.3) is 10.3 Å². The highest BCUT2D eigenvalue weighted by atomic mass is 32.1. The molecule has 2 saturated carbocycles. The van der Waals surface area contributed by atoms with E-state index in [9.17, 15) is 8.78 Å². The fourth-order valence-electron chi connectivity index (χ4n) is 2.41. The van der Waals surface area contributed by atoms with Crippen molar-refractivity contribution in [3.63, 3.8) is 0 Å². The van der Waals surface area contributed by atoms with Crippen molar-refractivity contribution in [1.82, 2.24) is 9.97 Å². The third-order valence-corrected chi connectivity index (χ3v) is 5.14. The van der Waals surface area contributed by atoms with Crippen LogP contribution in [0.1, 0.15) is 25.7 Å².